The molecule has 0 aliphatic carbocycles. The van der Waals surface area contributed by atoms with E-state index in [2.05, 4.69) is 24.3 Å². The van der Waals surface area contributed by atoms with Crippen molar-refractivity contribution in [2.75, 3.05) is 6.61 Å². The smallest absolute Gasteiger partial charge is 0.300 e. The molecule has 0 aliphatic rings. The molecule has 0 heterocycles. The van der Waals surface area contributed by atoms with Crippen molar-refractivity contribution in [2.45, 2.75) is 65.2 Å². The molecule has 0 saturated heterocycles. The number of allylic oxidation sites excluding steroid dienone is 4. The molecule has 0 bridgehead atoms. The fourth-order valence-corrected chi connectivity index (χ4v) is 1.54. The minimum Gasteiger partial charge on any atom is -0.481 e. The van der Waals surface area contributed by atoms with Crippen LogP contribution in [-0.4, -0.2) is 22.8 Å². The lowest BCUT2D eigenvalue weighted by molar-refractivity contribution is -0.134. The zero-order valence-corrected chi connectivity index (χ0v) is 12.5. The van der Waals surface area contributed by atoms with Gasteiger partial charge in [-0.05, 0) is 26.2 Å². The summed E-state index contributed by atoms with van der Waals surface area (Å²) in [5.41, 5.74) is 0. The maximum absolute atomic E-state index is 9.00. The van der Waals surface area contributed by atoms with Gasteiger partial charge in [-0.2, -0.15) is 0 Å². The van der Waals surface area contributed by atoms with E-state index in [1.54, 1.807) is 0 Å². The van der Waals surface area contributed by atoms with E-state index in [0.717, 1.165) is 13.3 Å². The first-order valence-electron chi connectivity index (χ1n) is 7.23. The van der Waals surface area contributed by atoms with E-state index in [1.165, 1.54) is 44.9 Å². The second-order valence-electron chi connectivity index (χ2n) is 4.46. The Labute approximate surface area is 118 Å². The summed E-state index contributed by atoms with van der Waals surface area (Å²) >= 11 is 0. The second-order valence-corrected chi connectivity index (χ2v) is 4.46. The average Bonchev–Trinajstić information content (AvgIpc) is 2.35. The van der Waals surface area contributed by atoms with Gasteiger partial charge in [0, 0.05) is 13.5 Å². The molecule has 0 aromatic heterocycles. The Hall–Kier alpha value is -1.09. The van der Waals surface area contributed by atoms with Gasteiger partial charge in [-0.1, -0.05) is 56.4 Å². The van der Waals surface area contributed by atoms with Gasteiger partial charge in [0.05, 0.1) is 0 Å². The third-order valence-corrected chi connectivity index (χ3v) is 2.47. The van der Waals surface area contributed by atoms with Crippen molar-refractivity contribution in [1.29, 1.82) is 0 Å². The van der Waals surface area contributed by atoms with Crippen LogP contribution in [0.15, 0.2) is 24.3 Å². The van der Waals surface area contributed by atoms with Crippen molar-refractivity contribution in [3.8, 4) is 0 Å². The molecule has 0 fully saturated rings. The number of unbranched alkanes of at least 4 members (excludes halogenated alkanes) is 7. The topological polar surface area (TPSA) is 57.5 Å². The molecule has 0 saturated carbocycles. The summed E-state index contributed by atoms with van der Waals surface area (Å²) < 4.78 is 0. The first-order chi connectivity index (χ1) is 9.15. The molecule has 0 unspecified atom stereocenters. The van der Waals surface area contributed by atoms with Crippen molar-refractivity contribution in [2.24, 2.45) is 0 Å². The van der Waals surface area contributed by atoms with E-state index in [9.17, 15) is 0 Å². The van der Waals surface area contributed by atoms with E-state index in [-0.39, 0.29) is 0 Å². The summed E-state index contributed by atoms with van der Waals surface area (Å²) in [5.74, 6) is -0.833. The van der Waals surface area contributed by atoms with Gasteiger partial charge >= 0.3 is 0 Å². The van der Waals surface area contributed by atoms with Gasteiger partial charge in [-0.3, -0.25) is 4.79 Å². The minimum absolute atomic E-state index is 0.357. The summed E-state index contributed by atoms with van der Waals surface area (Å²) in [6.07, 6.45) is 18.5. The van der Waals surface area contributed by atoms with E-state index in [1.807, 2.05) is 6.92 Å². The Morgan fingerprint density at radius 2 is 1.42 bits per heavy atom. The van der Waals surface area contributed by atoms with Crippen molar-refractivity contribution >= 4 is 5.97 Å². The Morgan fingerprint density at radius 1 is 0.947 bits per heavy atom. The van der Waals surface area contributed by atoms with Gasteiger partial charge in [0.25, 0.3) is 5.97 Å². The van der Waals surface area contributed by atoms with E-state index < -0.39 is 5.97 Å². The van der Waals surface area contributed by atoms with Crippen molar-refractivity contribution in [3.05, 3.63) is 24.3 Å². The summed E-state index contributed by atoms with van der Waals surface area (Å²) in [6.45, 7) is 3.48. The van der Waals surface area contributed by atoms with Gasteiger partial charge in [0.1, 0.15) is 0 Å². The zero-order valence-electron chi connectivity index (χ0n) is 12.5. The third kappa shape index (κ3) is 31.6. The van der Waals surface area contributed by atoms with Gasteiger partial charge in [-0.15, -0.1) is 0 Å². The number of hydrogen-bond acceptors (Lipinski definition) is 2. The van der Waals surface area contributed by atoms with Crippen molar-refractivity contribution in [3.63, 3.8) is 0 Å². The number of aliphatic hydroxyl groups is 1. The zero-order chi connectivity index (χ0) is 14.8. The van der Waals surface area contributed by atoms with Crippen LogP contribution in [0.3, 0.4) is 0 Å². The molecule has 0 aromatic carbocycles. The number of carbonyl (C=O) groups is 1. The van der Waals surface area contributed by atoms with Crippen LogP contribution >= 0.6 is 0 Å². The van der Waals surface area contributed by atoms with E-state index in [4.69, 9.17) is 15.0 Å². The number of aliphatic carboxylic acids is 1. The molecule has 0 radical (unpaired) electrons. The Bertz CT molecular complexity index is 228. The molecule has 3 nitrogen and oxygen atoms in total. The molecule has 112 valence electrons. The molecule has 0 spiro atoms. The molecule has 2 N–H and O–H groups in total. The maximum Gasteiger partial charge on any atom is 0.300 e. The maximum atomic E-state index is 9.00. The van der Waals surface area contributed by atoms with Gasteiger partial charge in [-0.25, -0.2) is 0 Å². The Morgan fingerprint density at radius 3 is 1.89 bits per heavy atom. The van der Waals surface area contributed by atoms with Gasteiger partial charge < -0.3 is 10.2 Å². The summed E-state index contributed by atoms with van der Waals surface area (Å²) in [5, 5.41) is 16.0. The van der Waals surface area contributed by atoms with Crippen molar-refractivity contribution < 1.29 is 15.0 Å². The normalized spacial score (nSPS) is 10.7. The lowest BCUT2D eigenvalue weighted by Gasteiger charge is -1.99. The summed E-state index contributed by atoms with van der Waals surface area (Å²) in [7, 11) is 0. The highest BCUT2D eigenvalue weighted by Gasteiger charge is 1.90. The van der Waals surface area contributed by atoms with Gasteiger partial charge in [0.15, 0.2) is 0 Å². The second kappa shape index (κ2) is 19.3. The molecule has 0 aliphatic heterocycles. The highest BCUT2D eigenvalue weighted by molar-refractivity contribution is 5.62. The highest BCUT2D eigenvalue weighted by atomic mass is 16.4. The molecule has 0 amide bonds. The fourth-order valence-electron chi connectivity index (χ4n) is 1.54. The quantitative estimate of drug-likeness (QED) is 0.459. The molecule has 19 heavy (non-hydrogen) atoms. The van der Waals surface area contributed by atoms with Crippen LogP contribution in [-0.2, 0) is 4.79 Å². The summed E-state index contributed by atoms with van der Waals surface area (Å²) in [6, 6.07) is 0. The Kier molecular flexibility index (Phi) is 20.5. The standard InChI is InChI=1S/C14H26O.C2H4O2/c1-2-3-4-5-6-7-8-9-10-11-12-13-14-15;1-2(3)4/h2-5,15H,6-14H2,1H3;1H3,(H,3,4). The highest BCUT2D eigenvalue weighted by Crippen LogP contribution is 2.08. The lowest BCUT2D eigenvalue weighted by Crippen LogP contribution is -1.83. The SMILES string of the molecule is CC(=O)O.CC=CC=CCCCCCCCCCO. The first kappa shape index (κ1) is 20.2. The molecule has 0 rings (SSSR count). The van der Waals surface area contributed by atoms with Crippen LogP contribution in [0.4, 0.5) is 0 Å². The monoisotopic (exact) mass is 270 g/mol. The van der Waals surface area contributed by atoms with E-state index in [0.29, 0.717) is 6.61 Å². The van der Waals surface area contributed by atoms with Crippen molar-refractivity contribution in [1.82, 2.24) is 0 Å². The third-order valence-electron chi connectivity index (χ3n) is 2.47. The minimum atomic E-state index is -0.833. The first-order valence-corrected chi connectivity index (χ1v) is 7.23. The number of aliphatic hydroxyl groups excluding tert-OH is 1. The summed E-state index contributed by atoms with van der Waals surface area (Å²) in [4.78, 5) is 9.00. The predicted molar refractivity (Wildman–Crippen MR) is 81.3 cm³/mol. The molecular formula is C16H30O3. The average molecular weight is 270 g/mol. The van der Waals surface area contributed by atoms with Gasteiger partial charge in [0.2, 0.25) is 0 Å². The van der Waals surface area contributed by atoms with E-state index >= 15 is 0 Å². The molecule has 3 heteroatoms. The molecule has 0 atom stereocenters. The van der Waals surface area contributed by atoms with Crippen LogP contribution in [0, 0.1) is 0 Å². The van der Waals surface area contributed by atoms with Crippen LogP contribution in [0.5, 0.6) is 0 Å². The largest absolute Gasteiger partial charge is 0.481 e. The number of carboxylic acids is 1. The number of rotatable bonds is 10. The van der Waals surface area contributed by atoms with Crippen LogP contribution in [0.2, 0.25) is 0 Å². The Balaban J connectivity index is 0. The number of carboxylic acid groups (broad SMARTS) is 1. The van der Waals surface area contributed by atoms with Crippen LogP contribution < -0.4 is 0 Å². The number of hydrogen-bond donors (Lipinski definition) is 2. The molecular weight excluding hydrogens is 240 g/mol. The predicted octanol–water partition coefficient (Wildman–Crippen LogP) is 4.32. The lowest BCUT2D eigenvalue weighted by atomic mass is 10.1. The molecule has 0 aromatic rings. The van der Waals surface area contributed by atoms with Crippen LogP contribution in [0.1, 0.15) is 65.2 Å². The van der Waals surface area contributed by atoms with Crippen LogP contribution in [0.25, 0.3) is 0 Å². The fraction of sp³-hybridized carbons (Fsp3) is 0.688.